The van der Waals surface area contributed by atoms with E-state index in [4.69, 9.17) is 11.6 Å². The topological polar surface area (TPSA) is 63.2 Å². The molecule has 0 radical (unpaired) electrons. The van der Waals surface area contributed by atoms with Crippen molar-refractivity contribution in [2.24, 2.45) is 5.92 Å². The van der Waals surface area contributed by atoms with Crippen LogP contribution in [0.3, 0.4) is 0 Å². The van der Waals surface area contributed by atoms with E-state index in [1.807, 2.05) is 13.0 Å². The minimum absolute atomic E-state index is 0.0214. The molecule has 0 bridgehead atoms. The third-order valence-corrected chi connectivity index (χ3v) is 7.36. The van der Waals surface area contributed by atoms with Crippen LogP contribution in [0.15, 0.2) is 47.4 Å². The van der Waals surface area contributed by atoms with E-state index in [1.165, 1.54) is 12.1 Å². The first-order valence-corrected chi connectivity index (χ1v) is 11.3. The van der Waals surface area contributed by atoms with Crippen LogP contribution in [0.1, 0.15) is 41.6 Å². The third-order valence-electron chi connectivity index (χ3n) is 5.17. The molecule has 1 fully saturated rings. The van der Waals surface area contributed by atoms with E-state index < -0.39 is 15.7 Å². The van der Waals surface area contributed by atoms with Crippen molar-refractivity contribution < 1.29 is 17.6 Å². The number of nitrogens with one attached hydrogen (secondary N) is 1. The Labute approximate surface area is 170 Å². The van der Waals surface area contributed by atoms with Gasteiger partial charge >= 0.3 is 0 Å². The summed E-state index contributed by atoms with van der Waals surface area (Å²) in [5.74, 6) is -0.767. The van der Waals surface area contributed by atoms with Crippen LogP contribution in [0, 0.1) is 18.7 Å². The molecule has 1 aliphatic rings. The molecule has 0 spiro atoms. The van der Waals surface area contributed by atoms with Gasteiger partial charge in [0.25, 0.3) is 5.91 Å². The zero-order valence-electron chi connectivity index (χ0n) is 15.6. The van der Waals surface area contributed by atoms with Gasteiger partial charge in [-0.1, -0.05) is 23.7 Å². The normalized spacial score (nSPS) is 20.0. The van der Waals surface area contributed by atoms with Gasteiger partial charge in [0.2, 0.25) is 0 Å². The van der Waals surface area contributed by atoms with E-state index in [9.17, 15) is 17.6 Å². The zero-order valence-corrected chi connectivity index (χ0v) is 17.2. The fourth-order valence-corrected chi connectivity index (χ4v) is 5.51. The number of carbonyl (C=O) groups excluding carboxylic acids is 1. The van der Waals surface area contributed by atoms with Crippen LogP contribution in [0.5, 0.6) is 0 Å². The van der Waals surface area contributed by atoms with Gasteiger partial charge in [0.05, 0.1) is 15.7 Å². The van der Waals surface area contributed by atoms with Crippen molar-refractivity contribution in [3.63, 3.8) is 0 Å². The largest absolute Gasteiger partial charge is 0.349 e. The molecular weight excluding hydrogens is 401 g/mol. The lowest BCUT2D eigenvalue weighted by molar-refractivity contribution is 0.0922. The van der Waals surface area contributed by atoms with Crippen molar-refractivity contribution >= 4 is 27.3 Å². The Kier molecular flexibility index (Phi) is 6.40. The van der Waals surface area contributed by atoms with Crippen molar-refractivity contribution in [1.29, 1.82) is 0 Å². The Morgan fingerprint density at radius 3 is 2.50 bits per heavy atom. The minimum Gasteiger partial charge on any atom is -0.349 e. The molecule has 0 heterocycles. The number of halogens is 2. The molecule has 1 N–H and O–H groups in total. The van der Waals surface area contributed by atoms with Crippen LogP contribution >= 0.6 is 11.6 Å². The van der Waals surface area contributed by atoms with Gasteiger partial charge in [-0.3, -0.25) is 4.79 Å². The molecule has 1 aliphatic carbocycles. The maximum atomic E-state index is 13.5. The van der Waals surface area contributed by atoms with Gasteiger partial charge in [-0.25, -0.2) is 12.8 Å². The van der Waals surface area contributed by atoms with Gasteiger partial charge in [-0.2, -0.15) is 0 Å². The molecule has 0 unspecified atom stereocenters. The number of hydrogen-bond acceptors (Lipinski definition) is 3. The lowest BCUT2D eigenvalue weighted by Crippen LogP contribution is -2.38. The maximum absolute atomic E-state index is 13.5. The number of amides is 1. The highest BCUT2D eigenvalue weighted by Crippen LogP contribution is 2.28. The summed E-state index contributed by atoms with van der Waals surface area (Å²) < 4.78 is 38.8. The van der Waals surface area contributed by atoms with Crippen LogP contribution in [0.4, 0.5) is 4.39 Å². The number of sulfone groups is 1. The molecule has 0 saturated heterocycles. The molecule has 3 rings (SSSR count). The Hall–Kier alpha value is -1.92. The monoisotopic (exact) mass is 423 g/mol. The summed E-state index contributed by atoms with van der Waals surface area (Å²) in [5.41, 5.74) is 1.15. The van der Waals surface area contributed by atoms with Crippen LogP contribution < -0.4 is 5.32 Å². The molecule has 2 aromatic rings. The molecule has 150 valence electrons. The summed E-state index contributed by atoms with van der Waals surface area (Å²) in [6.07, 6.45) is 2.86. The highest BCUT2D eigenvalue weighted by Gasteiger charge is 2.27. The van der Waals surface area contributed by atoms with Crippen molar-refractivity contribution in [2.45, 2.75) is 43.5 Å². The zero-order chi connectivity index (χ0) is 20.3. The molecular formula is C21H23ClFNO3S. The number of carbonyl (C=O) groups is 1. The molecule has 0 aromatic heterocycles. The summed E-state index contributed by atoms with van der Waals surface area (Å²) in [7, 11) is -3.32. The SMILES string of the molecule is Cc1cccc(S(=O)(=O)C[C@H]2CC[C@@H](NC(=O)c3ccc(Cl)c(F)c3)CC2)c1. The highest BCUT2D eigenvalue weighted by atomic mass is 35.5. The van der Waals surface area contributed by atoms with Gasteiger partial charge in [-0.15, -0.1) is 0 Å². The Balaban J connectivity index is 1.54. The van der Waals surface area contributed by atoms with Crippen molar-refractivity contribution in [2.75, 3.05) is 5.75 Å². The second-order valence-corrected chi connectivity index (χ2v) is 9.86. The molecule has 7 heteroatoms. The van der Waals surface area contributed by atoms with E-state index >= 15 is 0 Å². The molecule has 0 aliphatic heterocycles. The van der Waals surface area contributed by atoms with Gasteiger partial charge < -0.3 is 5.32 Å². The second kappa shape index (κ2) is 8.62. The average molecular weight is 424 g/mol. The predicted molar refractivity (Wildman–Crippen MR) is 108 cm³/mol. The molecule has 28 heavy (non-hydrogen) atoms. The Bertz CT molecular complexity index is 969. The van der Waals surface area contributed by atoms with E-state index in [-0.39, 0.29) is 34.2 Å². The lowest BCUT2D eigenvalue weighted by atomic mass is 9.87. The average Bonchev–Trinajstić information content (AvgIpc) is 2.65. The summed E-state index contributed by atoms with van der Waals surface area (Å²) in [6, 6.07) is 10.9. The number of rotatable bonds is 5. The number of benzene rings is 2. The van der Waals surface area contributed by atoms with E-state index in [1.54, 1.807) is 18.2 Å². The van der Waals surface area contributed by atoms with Gasteiger partial charge in [0.1, 0.15) is 5.82 Å². The van der Waals surface area contributed by atoms with Crippen molar-refractivity contribution in [3.05, 3.63) is 64.4 Å². The molecule has 0 atom stereocenters. The van der Waals surface area contributed by atoms with Crippen LogP contribution in [0.2, 0.25) is 5.02 Å². The lowest BCUT2D eigenvalue weighted by Gasteiger charge is -2.29. The molecule has 1 amide bonds. The van der Waals surface area contributed by atoms with Crippen LogP contribution in [0.25, 0.3) is 0 Å². The first-order valence-electron chi connectivity index (χ1n) is 9.30. The maximum Gasteiger partial charge on any atom is 0.251 e. The van der Waals surface area contributed by atoms with Gasteiger partial charge in [0, 0.05) is 11.6 Å². The first-order chi connectivity index (χ1) is 13.2. The summed E-state index contributed by atoms with van der Waals surface area (Å²) in [5, 5.41) is 2.88. The standard InChI is InChI=1S/C21H23ClFNO3S/c1-14-3-2-4-18(11-14)28(26,27)13-15-5-8-17(9-6-15)24-21(25)16-7-10-19(22)20(23)12-16/h2-4,7,10-12,15,17H,5-6,8-9,13H2,1H3,(H,24,25)/t15-,17+. The third kappa shape index (κ3) is 5.11. The fourth-order valence-electron chi connectivity index (χ4n) is 3.59. The van der Waals surface area contributed by atoms with Gasteiger partial charge in [-0.05, 0) is 74.4 Å². The van der Waals surface area contributed by atoms with E-state index in [0.717, 1.165) is 24.5 Å². The molecule has 2 aromatic carbocycles. The highest BCUT2D eigenvalue weighted by molar-refractivity contribution is 7.91. The van der Waals surface area contributed by atoms with Crippen molar-refractivity contribution in [3.8, 4) is 0 Å². The minimum atomic E-state index is -3.32. The smallest absolute Gasteiger partial charge is 0.251 e. The van der Waals surface area contributed by atoms with Crippen LogP contribution in [-0.2, 0) is 9.84 Å². The summed E-state index contributed by atoms with van der Waals surface area (Å²) >= 11 is 5.64. The fraction of sp³-hybridized carbons (Fsp3) is 0.381. The first kappa shape index (κ1) is 20.8. The van der Waals surface area contributed by atoms with Gasteiger partial charge in [0.15, 0.2) is 9.84 Å². The molecule has 4 nitrogen and oxygen atoms in total. The second-order valence-electron chi connectivity index (χ2n) is 7.42. The van der Waals surface area contributed by atoms with Crippen LogP contribution in [-0.4, -0.2) is 26.1 Å². The number of hydrogen-bond donors (Lipinski definition) is 1. The Morgan fingerprint density at radius 2 is 1.86 bits per heavy atom. The Morgan fingerprint density at radius 1 is 1.14 bits per heavy atom. The summed E-state index contributed by atoms with van der Waals surface area (Å²) in [6.45, 7) is 1.87. The van der Waals surface area contributed by atoms with Crippen molar-refractivity contribution in [1.82, 2.24) is 5.32 Å². The number of aryl methyl sites for hydroxylation is 1. The van der Waals surface area contributed by atoms with E-state index in [0.29, 0.717) is 17.7 Å². The summed E-state index contributed by atoms with van der Waals surface area (Å²) in [4.78, 5) is 12.7. The predicted octanol–water partition coefficient (Wildman–Crippen LogP) is 4.55. The van der Waals surface area contributed by atoms with E-state index in [2.05, 4.69) is 5.32 Å². The molecule has 1 saturated carbocycles. The quantitative estimate of drug-likeness (QED) is 0.767.